The van der Waals surface area contributed by atoms with Gasteiger partial charge in [-0.05, 0) is 0 Å². The SMILES string of the molecule is CC(C)(C)C(=O)CCC(=O)NCC(O)CN. The highest BCUT2D eigenvalue weighted by Crippen LogP contribution is 2.17. The number of hydrogen-bond donors (Lipinski definition) is 3. The van der Waals surface area contributed by atoms with Crippen molar-refractivity contribution in [2.45, 2.75) is 39.7 Å². The molecule has 0 heterocycles. The molecule has 0 saturated heterocycles. The molecule has 1 amide bonds. The van der Waals surface area contributed by atoms with E-state index in [0.29, 0.717) is 0 Å². The zero-order valence-corrected chi connectivity index (χ0v) is 10.2. The number of aliphatic hydroxyl groups excluding tert-OH is 1. The summed E-state index contributed by atoms with van der Waals surface area (Å²) in [6, 6.07) is 0. The van der Waals surface area contributed by atoms with Crippen LogP contribution in [0.2, 0.25) is 0 Å². The molecule has 0 bridgehead atoms. The summed E-state index contributed by atoms with van der Waals surface area (Å²) in [7, 11) is 0. The Morgan fingerprint density at radius 2 is 1.88 bits per heavy atom. The predicted octanol–water partition coefficient (Wildman–Crippen LogP) is -0.182. The molecule has 0 spiro atoms. The highest BCUT2D eigenvalue weighted by molar-refractivity contribution is 5.88. The van der Waals surface area contributed by atoms with Crippen molar-refractivity contribution in [2.24, 2.45) is 11.1 Å². The van der Waals surface area contributed by atoms with Crippen molar-refractivity contribution >= 4 is 11.7 Å². The third-order valence-corrected chi connectivity index (χ3v) is 2.22. The average molecular weight is 230 g/mol. The van der Waals surface area contributed by atoms with E-state index < -0.39 is 11.5 Å². The number of nitrogens with one attached hydrogen (secondary N) is 1. The summed E-state index contributed by atoms with van der Waals surface area (Å²) in [5.41, 5.74) is 4.78. The lowest BCUT2D eigenvalue weighted by Gasteiger charge is -2.16. The van der Waals surface area contributed by atoms with Crippen LogP contribution in [0, 0.1) is 5.41 Å². The Balaban J connectivity index is 3.78. The summed E-state index contributed by atoms with van der Waals surface area (Å²) in [5, 5.41) is 11.6. The molecule has 0 aromatic carbocycles. The van der Waals surface area contributed by atoms with Gasteiger partial charge >= 0.3 is 0 Å². The van der Waals surface area contributed by atoms with Crippen molar-refractivity contribution in [1.82, 2.24) is 5.32 Å². The van der Waals surface area contributed by atoms with Crippen LogP contribution in [0.25, 0.3) is 0 Å². The van der Waals surface area contributed by atoms with Gasteiger partial charge in [0.25, 0.3) is 0 Å². The maximum absolute atomic E-state index is 11.5. The lowest BCUT2D eigenvalue weighted by Crippen LogP contribution is -2.36. The summed E-state index contributed by atoms with van der Waals surface area (Å²) in [6.07, 6.45) is -0.330. The Labute approximate surface area is 96.4 Å². The Kier molecular flexibility index (Phi) is 6.21. The molecule has 0 aromatic heterocycles. The molecule has 0 aliphatic carbocycles. The number of amides is 1. The largest absolute Gasteiger partial charge is 0.390 e. The van der Waals surface area contributed by atoms with Crippen molar-refractivity contribution in [1.29, 1.82) is 0 Å². The van der Waals surface area contributed by atoms with Gasteiger partial charge in [0.15, 0.2) is 0 Å². The van der Waals surface area contributed by atoms with Crippen LogP contribution >= 0.6 is 0 Å². The number of carbonyl (C=O) groups is 2. The van der Waals surface area contributed by atoms with Gasteiger partial charge in [-0.15, -0.1) is 0 Å². The zero-order valence-electron chi connectivity index (χ0n) is 10.2. The Morgan fingerprint density at radius 1 is 1.31 bits per heavy atom. The van der Waals surface area contributed by atoms with Gasteiger partial charge in [-0.3, -0.25) is 9.59 Å². The fourth-order valence-electron chi connectivity index (χ4n) is 1.01. The number of hydrogen-bond acceptors (Lipinski definition) is 4. The molecule has 16 heavy (non-hydrogen) atoms. The molecule has 5 heteroatoms. The topological polar surface area (TPSA) is 92.4 Å². The van der Waals surface area contributed by atoms with Crippen LogP contribution in [-0.2, 0) is 9.59 Å². The Hall–Kier alpha value is -0.940. The molecule has 0 saturated carbocycles. The molecule has 1 atom stereocenters. The zero-order chi connectivity index (χ0) is 12.8. The van der Waals surface area contributed by atoms with Gasteiger partial charge in [0.05, 0.1) is 6.10 Å². The smallest absolute Gasteiger partial charge is 0.220 e. The summed E-state index contributed by atoms with van der Waals surface area (Å²) >= 11 is 0. The van der Waals surface area contributed by atoms with E-state index in [0.717, 1.165) is 0 Å². The lowest BCUT2D eigenvalue weighted by atomic mass is 9.88. The van der Waals surface area contributed by atoms with E-state index in [-0.39, 0.29) is 37.6 Å². The van der Waals surface area contributed by atoms with E-state index in [1.807, 2.05) is 20.8 Å². The number of Topliss-reactive ketones (excluding diaryl/α,β-unsaturated/α-hetero) is 1. The molecule has 0 radical (unpaired) electrons. The second-order valence-electron chi connectivity index (χ2n) is 4.87. The standard InChI is InChI=1S/C11H22N2O3/c1-11(2,3)9(15)4-5-10(16)13-7-8(14)6-12/h8,14H,4-7,12H2,1-3H3,(H,13,16). The summed E-state index contributed by atoms with van der Waals surface area (Å²) in [6.45, 7) is 5.72. The maximum atomic E-state index is 11.5. The monoisotopic (exact) mass is 230 g/mol. The number of ketones is 1. The third-order valence-electron chi connectivity index (χ3n) is 2.22. The van der Waals surface area contributed by atoms with Crippen LogP contribution in [0.4, 0.5) is 0 Å². The van der Waals surface area contributed by atoms with Crippen LogP contribution in [0.3, 0.4) is 0 Å². The molecule has 1 unspecified atom stereocenters. The van der Waals surface area contributed by atoms with E-state index in [1.165, 1.54) is 0 Å². The van der Waals surface area contributed by atoms with Crippen molar-refractivity contribution in [3.8, 4) is 0 Å². The van der Waals surface area contributed by atoms with E-state index in [1.54, 1.807) is 0 Å². The van der Waals surface area contributed by atoms with Crippen molar-refractivity contribution in [2.75, 3.05) is 13.1 Å². The van der Waals surface area contributed by atoms with E-state index >= 15 is 0 Å². The number of nitrogens with two attached hydrogens (primary N) is 1. The minimum absolute atomic E-state index is 0.0574. The maximum Gasteiger partial charge on any atom is 0.220 e. The normalized spacial score (nSPS) is 13.3. The van der Waals surface area contributed by atoms with E-state index in [9.17, 15) is 9.59 Å². The molecule has 0 rings (SSSR count). The van der Waals surface area contributed by atoms with Crippen molar-refractivity contribution < 1.29 is 14.7 Å². The molecule has 4 N–H and O–H groups in total. The highest BCUT2D eigenvalue weighted by Gasteiger charge is 2.21. The Morgan fingerprint density at radius 3 is 2.31 bits per heavy atom. The predicted molar refractivity (Wildman–Crippen MR) is 61.8 cm³/mol. The van der Waals surface area contributed by atoms with E-state index in [4.69, 9.17) is 10.8 Å². The first-order valence-electron chi connectivity index (χ1n) is 5.45. The molecule has 0 fully saturated rings. The summed E-state index contributed by atoms with van der Waals surface area (Å²) in [4.78, 5) is 22.8. The first-order valence-corrected chi connectivity index (χ1v) is 5.45. The second kappa shape index (κ2) is 6.60. The molecule has 94 valence electrons. The number of rotatable bonds is 6. The van der Waals surface area contributed by atoms with Gasteiger partial charge < -0.3 is 16.2 Å². The third kappa shape index (κ3) is 6.53. The van der Waals surface area contributed by atoms with Gasteiger partial charge in [-0.2, -0.15) is 0 Å². The molecular formula is C11H22N2O3. The second-order valence-corrected chi connectivity index (χ2v) is 4.87. The van der Waals surface area contributed by atoms with Crippen molar-refractivity contribution in [3.63, 3.8) is 0 Å². The average Bonchev–Trinajstić information content (AvgIpc) is 2.20. The molecule has 0 aliphatic rings. The fourth-order valence-corrected chi connectivity index (χ4v) is 1.01. The van der Waals surface area contributed by atoms with Crippen LogP contribution in [0.1, 0.15) is 33.6 Å². The van der Waals surface area contributed by atoms with Crippen LogP contribution in [0.15, 0.2) is 0 Å². The lowest BCUT2D eigenvalue weighted by molar-refractivity contribution is -0.129. The van der Waals surface area contributed by atoms with Crippen LogP contribution in [0.5, 0.6) is 0 Å². The fraction of sp³-hybridized carbons (Fsp3) is 0.818. The van der Waals surface area contributed by atoms with Crippen molar-refractivity contribution in [3.05, 3.63) is 0 Å². The van der Waals surface area contributed by atoms with Crippen LogP contribution in [-0.4, -0.2) is 36.0 Å². The van der Waals surface area contributed by atoms with Gasteiger partial charge in [-0.25, -0.2) is 0 Å². The van der Waals surface area contributed by atoms with E-state index in [2.05, 4.69) is 5.32 Å². The highest BCUT2D eigenvalue weighted by atomic mass is 16.3. The number of carbonyl (C=O) groups excluding carboxylic acids is 2. The summed E-state index contributed by atoms with van der Waals surface area (Å²) < 4.78 is 0. The first kappa shape index (κ1) is 15.1. The molecule has 5 nitrogen and oxygen atoms in total. The molecule has 0 aromatic rings. The summed E-state index contributed by atoms with van der Waals surface area (Å²) in [5.74, 6) is -0.174. The molecular weight excluding hydrogens is 208 g/mol. The van der Waals surface area contributed by atoms with Gasteiger partial charge in [-0.1, -0.05) is 20.8 Å². The quantitative estimate of drug-likeness (QED) is 0.590. The molecule has 0 aliphatic heterocycles. The Bertz CT molecular complexity index is 246. The van der Waals surface area contributed by atoms with Gasteiger partial charge in [0, 0.05) is 31.3 Å². The first-order chi connectivity index (χ1) is 7.27. The number of aliphatic hydroxyl groups is 1. The van der Waals surface area contributed by atoms with Crippen LogP contribution < -0.4 is 11.1 Å². The minimum Gasteiger partial charge on any atom is -0.390 e. The minimum atomic E-state index is -0.720. The van der Waals surface area contributed by atoms with Gasteiger partial charge in [0.2, 0.25) is 5.91 Å². The van der Waals surface area contributed by atoms with Gasteiger partial charge in [0.1, 0.15) is 5.78 Å².